The van der Waals surface area contributed by atoms with Gasteiger partial charge in [0.25, 0.3) is 0 Å². The number of hydrogen-bond acceptors (Lipinski definition) is 7. The number of aryl methyl sites for hydroxylation is 3. The van der Waals surface area contributed by atoms with E-state index in [4.69, 9.17) is 4.42 Å². The van der Waals surface area contributed by atoms with Gasteiger partial charge >= 0.3 is 0 Å². The summed E-state index contributed by atoms with van der Waals surface area (Å²) in [5, 5.41) is 7.54. The molecule has 34 heavy (non-hydrogen) atoms. The minimum atomic E-state index is -0.0705. The highest BCUT2D eigenvalue weighted by Gasteiger charge is 2.29. The maximum Gasteiger partial charge on any atom is 0.239 e. The van der Waals surface area contributed by atoms with Gasteiger partial charge in [0, 0.05) is 30.9 Å². The molecule has 0 saturated carbocycles. The van der Waals surface area contributed by atoms with Gasteiger partial charge in [-0.2, -0.15) is 5.10 Å². The third-order valence-corrected chi connectivity index (χ3v) is 6.69. The summed E-state index contributed by atoms with van der Waals surface area (Å²) in [6.07, 6.45) is 5.05. The first kappa shape index (κ1) is 22.7. The Bertz CT molecular complexity index is 1160. The van der Waals surface area contributed by atoms with Gasteiger partial charge in [-0.3, -0.25) is 14.6 Å². The summed E-state index contributed by atoms with van der Waals surface area (Å²) < 4.78 is 7.51. The van der Waals surface area contributed by atoms with Gasteiger partial charge in [0.2, 0.25) is 5.91 Å². The maximum absolute atomic E-state index is 12.9. The first-order chi connectivity index (χ1) is 16.4. The van der Waals surface area contributed by atoms with Crippen LogP contribution in [0.4, 0.5) is 5.82 Å². The summed E-state index contributed by atoms with van der Waals surface area (Å²) in [5.74, 6) is 2.71. The van der Waals surface area contributed by atoms with Crippen LogP contribution < -0.4 is 5.32 Å². The predicted molar refractivity (Wildman–Crippen MR) is 130 cm³/mol. The Labute approximate surface area is 200 Å². The molecule has 9 heteroatoms. The molecule has 3 aromatic rings. The molecule has 5 heterocycles. The van der Waals surface area contributed by atoms with E-state index in [1.54, 1.807) is 10.7 Å². The molecule has 0 bridgehead atoms. The Balaban J connectivity index is 1.32. The Morgan fingerprint density at radius 1 is 1.09 bits per heavy atom. The van der Waals surface area contributed by atoms with Crippen molar-refractivity contribution in [3.63, 3.8) is 0 Å². The van der Waals surface area contributed by atoms with Crippen molar-refractivity contribution in [3.05, 3.63) is 41.4 Å². The van der Waals surface area contributed by atoms with Crippen LogP contribution in [0.3, 0.4) is 0 Å². The second kappa shape index (κ2) is 9.68. The summed E-state index contributed by atoms with van der Waals surface area (Å²) in [6, 6.07) is 8.03. The molecule has 9 nitrogen and oxygen atoms in total. The van der Waals surface area contributed by atoms with E-state index in [1.165, 1.54) is 32.4 Å². The molecule has 2 aliphatic heterocycles. The molecular weight excluding hydrogens is 430 g/mol. The van der Waals surface area contributed by atoms with Crippen molar-refractivity contribution in [2.24, 2.45) is 0 Å². The lowest BCUT2D eigenvalue weighted by molar-refractivity contribution is -0.117. The number of rotatable bonds is 6. The third-order valence-electron chi connectivity index (χ3n) is 6.69. The standard InChI is InChI=1S/C25H33N7O2/c1-17-13-18(2)32(29-17)23-14-22(27-25(28-23)21-8-7-19(3)34-21)26-24(33)16-30-12-9-20(15-30)31-10-5-4-6-11-31/h7-8,13-14,20H,4-6,9-12,15-16H2,1-3H3,(H,26,27,28,33). The highest BCUT2D eigenvalue weighted by molar-refractivity contribution is 5.91. The highest BCUT2D eigenvalue weighted by Crippen LogP contribution is 2.23. The SMILES string of the molecule is Cc1cc(C)n(-c2cc(NC(=O)CN3CCC(N4CCCCC4)C3)nc(-c3ccc(C)o3)n2)n1. The molecule has 2 aliphatic rings. The molecule has 0 radical (unpaired) electrons. The third kappa shape index (κ3) is 5.05. The van der Waals surface area contributed by atoms with E-state index < -0.39 is 0 Å². The zero-order valence-electron chi connectivity index (χ0n) is 20.3. The average molecular weight is 464 g/mol. The number of anilines is 1. The van der Waals surface area contributed by atoms with Crippen molar-refractivity contribution in [2.75, 3.05) is 38.0 Å². The Morgan fingerprint density at radius 3 is 2.62 bits per heavy atom. The van der Waals surface area contributed by atoms with Crippen LogP contribution >= 0.6 is 0 Å². The van der Waals surface area contributed by atoms with E-state index in [1.807, 2.05) is 39.0 Å². The lowest BCUT2D eigenvalue weighted by Crippen LogP contribution is -2.41. The predicted octanol–water partition coefficient (Wildman–Crippen LogP) is 3.35. The molecular formula is C25H33N7O2. The first-order valence-electron chi connectivity index (χ1n) is 12.2. The molecule has 180 valence electrons. The van der Waals surface area contributed by atoms with Gasteiger partial charge in [-0.15, -0.1) is 0 Å². The monoisotopic (exact) mass is 463 g/mol. The van der Waals surface area contributed by atoms with Crippen LogP contribution in [0.15, 0.2) is 28.7 Å². The number of amides is 1. The molecule has 0 spiro atoms. The van der Waals surface area contributed by atoms with Crippen molar-refractivity contribution in [1.29, 1.82) is 0 Å². The Kier molecular flexibility index (Phi) is 6.47. The molecule has 0 aromatic carbocycles. The smallest absolute Gasteiger partial charge is 0.239 e. The summed E-state index contributed by atoms with van der Waals surface area (Å²) >= 11 is 0. The van der Waals surface area contributed by atoms with Crippen molar-refractivity contribution < 1.29 is 9.21 Å². The zero-order valence-corrected chi connectivity index (χ0v) is 20.3. The first-order valence-corrected chi connectivity index (χ1v) is 12.2. The Morgan fingerprint density at radius 2 is 1.91 bits per heavy atom. The minimum absolute atomic E-state index is 0.0705. The van der Waals surface area contributed by atoms with Crippen molar-refractivity contribution in [1.82, 2.24) is 29.5 Å². The van der Waals surface area contributed by atoms with Crippen LogP contribution in [0, 0.1) is 20.8 Å². The number of furan rings is 1. The molecule has 0 aliphatic carbocycles. The number of piperidine rings is 1. The summed E-state index contributed by atoms with van der Waals surface area (Å²) in [7, 11) is 0. The van der Waals surface area contributed by atoms with Crippen LogP contribution in [-0.4, -0.2) is 74.2 Å². The second-order valence-corrected chi connectivity index (χ2v) is 9.51. The molecule has 1 N–H and O–H groups in total. The largest absolute Gasteiger partial charge is 0.458 e. The number of aromatic nitrogens is 4. The zero-order chi connectivity index (χ0) is 23.7. The molecule has 1 atom stereocenters. The van der Waals surface area contributed by atoms with Crippen LogP contribution in [-0.2, 0) is 4.79 Å². The van der Waals surface area contributed by atoms with Gasteiger partial charge in [0.05, 0.1) is 12.2 Å². The number of likely N-dealkylation sites (tertiary alicyclic amines) is 2. The molecule has 3 aromatic heterocycles. The summed E-state index contributed by atoms with van der Waals surface area (Å²) in [4.78, 5) is 27.0. The van der Waals surface area contributed by atoms with Gasteiger partial charge in [-0.25, -0.2) is 14.6 Å². The fraction of sp³-hybridized carbons (Fsp3) is 0.520. The van der Waals surface area contributed by atoms with E-state index in [-0.39, 0.29) is 5.91 Å². The normalized spacial score (nSPS) is 19.6. The number of carbonyl (C=O) groups excluding carboxylic acids is 1. The molecule has 2 saturated heterocycles. The quantitative estimate of drug-likeness (QED) is 0.599. The fourth-order valence-electron chi connectivity index (χ4n) is 5.06. The molecule has 1 unspecified atom stereocenters. The van der Waals surface area contributed by atoms with Gasteiger partial charge < -0.3 is 9.73 Å². The van der Waals surface area contributed by atoms with Crippen LogP contribution in [0.2, 0.25) is 0 Å². The summed E-state index contributed by atoms with van der Waals surface area (Å²) in [6.45, 7) is 10.4. The number of nitrogens with one attached hydrogen (secondary N) is 1. The lowest BCUT2D eigenvalue weighted by atomic mass is 10.1. The molecule has 5 rings (SSSR count). The van der Waals surface area contributed by atoms with Crippen molar-refractivity contribution >= 4 is 11.7 Å². The molecule has 2 fully saturated rings. The lowest BCUT2D eigenvalue weighted by Gasteiger charge is -2.32. The van der Waals surface area contributed by atoms with Crippen LogP contribution in [0.1, 0.15) is 42.8 Å². The highest BCUT2D eigenvalue weighted by atomic mass is 16.3. The molecule has 1 amide bonds. The second-order valence-electron chi connectivity index (χ2n) is 9.51. The maximum atomic E-state index is 12.9. The van der Waals surface area contributed by atoms with E-state index in [0.29, 0.717) is 35.8 Å². The van der Waals surface area contributed by atoms with Crippen LogP contribution in [0.5, 0.6) is 0 Å². The van der Waals surface area contributed by atoms with Gasteiger partial charge in [-0.1, -0.05) is 6.42 Å². The average Bonchev–Trinajstić information content (AvgIpc) is 3.54. The minimum Gasteiger partial charge on any atom is -0.458 e. The summed E-state index contributed by atoms with van der Waals surface area (Å²) in [5.41, 5.74) is 1.85. The van der Waals surface area contributed by atoms with Crippen molar-refractivity contribution in [2.45, 2.75) is 52.5 Å². The van der Waals surface area contributed by atoms with E-state index in [2.05, 4.69) is 30.2 Å². The number of carbonyl (C=O) groups is 1. The fourth-order valence-corrected chi connectivity index (χ4v) is 5.06. The van der Waals surface area contributed by atoms with Gasteiger partial charge in [0.1, 0.15) is 11.6 Å². The Hall–Kier alpha value is -3.04. The van der Waals surface area contributed by atoms with Crippen molar-refractivity contribution in [3.8, 4) is 17.4 Å². The number of nitrogens with zero attached hydrogens (tertiary/aromatic N) is 6. The number of hydrogen-bond donors (Lipinski definition) is 1. The van der Waals surface area contributed by atoms with Crippen LogP contribution in [0.25, 0.3) is 17.4 Å². The topological polar surface area (TPSA) is 92.3 Å². The van der Waals surface area contributed by atoms with E-state index in [0.717, 1.165) is 36.7 Å². The van der Waals surface area contributed by atoms with E-state index >= 15 is 0 Å². The van der Waals surface area contributed by atoms with E-state index in [9.17, 15) is 4.79 Å². The van der Waals surface area contributed by atoms with Gasteiger partial charge in [-0.05, 0) is 71.3 Å². The van der Waals surface area contributed by atoms with Gasteiger partial charge in [0.15, 0.2) is 17.4 Å².